The highest BCUT2D eigenvalue weighted by Crippen LogP contribution is 2.21. The number of halogens is 2. The number of nitrogens with one attached hydrogen (secondary N) is 1. The summed E-state index contributed by atoms with van der Waals surface area (Å²) in [6, 6.07) is 6.88. The molecule has 3 nitrogen and oxygen atoms in total. The third-order valence-electron chi connectivity index (χ3n) is 3.09. The smallest absolute Gasteiger partial charge is 0.178 e. The number of hydrogen-bond acceptors (Lipinski definition) is 3. The van der Waals surface area contributed by atoms with Gasteiger partial charge in [-0.25, -0.2) is 8.42 Å². The summed E-state index contributed by atoms with van der Waals surface area (Å²) >= 11 is 3.31. The van der Waals surface area contributed by atoms with Gasteiger partial charge in [-0.1, -0.05) is 15.9 Å². The minimum absolute atomic E-state index is 0. The molecule has 0 unspecified atom stereocenters. The van der Waals surface area contributed by atoms with E-state index in [2.05, 4.69) is 21.2 Å². The van der Waals surface area contributed by atoms with E-state index in [1.165, 1.54) is 0 Å². The van der Waals surface area contributed by atoms with E-state index in [0.717, 1.165) is 30.4 Å². The van der Waals surface area contributed by atoms with E-state index < -0.39 is 9.84 Å². The first-order valence-electron chi connectivity index (χ1n) is 5.77. The molecule has 0 bridgehead atoms. The molecule has 0 atom stereocenters. The second-order valence-electron chi connectivity index (χ2n) is 4.43. The Hall–Kier alpha value is -0.100. The normalized spacial score (nSPS) is 17.2. The highest BCUT2D eigenvalue weighted by Gasteiger charge is 2.22. The van der Waals surface area contributed by atoms with Crippen LogP contribution in [-0.4, -0.2) is 27.3 Å². The van der Waals surface area contributed by atoms with Crippen molar-refractivity contribution in [1.29, 1.82) is 0 Å². The van der Waals surface area contributed by atoms with Crippen molar-refractivity contribution in [2.24, 2.45) is 5.92 Å². The lowest BCUT2D eigenvalue weighted by Crippen LogP contribution is -2.31. The Bertz CT molecular complexity index is 469. The minimum atomic E-state index is -3.13. The molecule has 1 aromatic carbocycles. The molecular weight excluding hydrogens is 338 g/mol. The largest absolute Gasteiger partial charge is 0.317 e. The Morgan fingerprint density at radius 3 is 2.28 bits per heavy atom. The molecule has 0 spiro atoms. The van der Waals surface area contributed by atoms with Crippen molar-refractivity contribution in [3.8, 4) is 0 Å². The number of sulfone groups is 1. The van der Waals surface area contributed by atoms with Gasteiger partial charge in [-0.3, -0.25) is 0 Å². The quantitative estimate of drug-likeness (QED) is 0.907. The van der Waals surface area contributed by atoms with Gasteiger partial charge in [-0.05, 0) is 56.1 Å². The molecule has 1 saturated heterocycles. The van der Waals surface area contributed by atoms with Crippen molar-refractivity contribution in [2.45, 2.75) is 17.7 Å². The maximum Gasteiger partial charge on any atom is 0.178 e. The summed E-state index contributed by atoms with van der Waals surface area (Å²) in [4.78, 5) is 0.430. The number of piperidine rings is 1. The third-order valence-corrected chi connectivity index (χ3v) is 5.52. The molecule has 1 heterocycles. The molecule has 6 heteroatoms. The van der Waals surface area contributed by atoms with Gasteiger partial charge in [0, 0.05) is 4.47 Å². The Morgan fingerprint density at radius 2 is 1.72 bits per heavy atom. The second kappa shape index (κ2) is 6.89. The Morgan fingerprint density at radius 1 is 1.17 bits per heavy atom. The fourth-order valence-electron chi connectivity index (χ4n) is 2.10. The average Bonchev–Trinajstić information content (AvgIpc) is 2.30. The minimum Gasteiger partial charge on any atom is -0.317 e. The first-order chi connectivity index (χ1) is 8.08. The maximum absolute atomic E-state index is 12.2. The summed E-state index contributed by atoms with van der Waals surface area (Å²) in [5, 5.41) is 3.25. The molecule has 1 aliphatic rings. The van der Waals surface area contributed by atoms with Crippen molar-refractivity contribution in [1.82, 2.24) is 5.32 Å². The van der Waals surface area contributed by atoms with E-state index in [1.54, 1.807) is 24.3 Å². The molecule has 2 rings (SSSR count). The second-order valence-corrected chi connectivity index (χ2v) is 7.38. The fraction of sp³-hybridized carbons (Fsp3) is 0.500. The summed E-state index contributed by atoms with van der Waals surface area (Å²) < 4.78 is 25.3. The van der Waals surface area contributed by atoms with Crippen LogP contribution < -0.4 is 5.32 Å². The lowest BCUT2D eigenvalue weighted by atomic mass is 10.0. The fourth-order valence-corrected chi connectivity index (χ4v) is 4.06. The topological polar surface area (TPSA) is 46.2 Å². The predicted octanol–water partition coefficient (Wildman–Crippen LogP) is 2.64. The van der Waals surface area contributed by atoms with Gasteiger partial charge in [-0.2, -0.15) is 0 Å². The van der Waals surface area contributed by atoms with E-state index in [9.17, 15) is 8.42 Å². The molecular formula is C12H17BrClNO2S. The number of hydrogen-bond donors (Lipinski definition) is 1. The van der Waals surface area contributed by atoms with Gasteiger partial charge < -0.3 is 5.32 Å². The van der Waals surface area contributed by atoms with Gasteiger partial charge in [0.15, 0.2) is 9.84 Å². The zero-order valence-electron chi connectivity index (χ0n) is 9.93. The Kier molecular flexibility index (Phi) is 6.11. The van der Waals surface area contributed by atoms with Crippen LogP contribution in [0.15, 0.2) is 33.6 Å². The molecule has 0 aromatic heterocycles. The van der Waals surface area contributed by atoms with Crippen LogP contribution >= 0.6 is 28.3 Å². The van der Waals surface area contributed by atoms with Crippen LogP contribution in [-0.2, 0) is 9.84 Å². The SMILES string of the molecule is Cl.O=S(=O)(CC1CCNCC1)c1ccc(Br)cc1. The molecule has 102 valence electrons. The molecule has 18 heavy (non-hydrogen) atoms. The van der Waals surface area contributed by atoms with Crippen molar-refractivity contribution in [3.05, 3.63) is 28.7 Å². The molecule has 1 aliphatic heterocycles. The van der Waals surface area contributed by atoms with Crippen LogP contribution in [0.1, 0.15) is 12.8 Å². The van der Waals surface area contributed by atoms with Gasteiger partial charge in [0.25, 0.3) is 0 Å². The van der Waals surface area contributed by atoms with Crippen molar-refractivity contribution >= 4 is 38.2 Å². The monoisotopic (exact) mass is 353 g/mol. The predicted molar refractivity (Wildman–Crippen MR) is 79.0 cm³/mol. The summed E-state index contributed by atoms with van der Waals surface area (Å²) in [6.07, 6.45) is 1.91. The number of rotatable bonds is 3. The van der Waals surface area contributed by atoms with Gasteiger partial charge in [0.2, 0.25) is 0 Å². The summed E-state index contributed by atoms with van der Waals surface area (Å²) in [6.45, 7) is 1.86. The average molecular weight is 355 g/mol. The van der Waals surface area contributed by atoms with Crippen LogP contribution in [0.5, 0.6) is 0 Å². The van der Waals surface area contributed by atoms with Gasteiger partial charge in [0.05, 0.1) is 10.6 Å². The van der Waals surface area contributed by atoms with E-state index >= 15 is 0 Å². The summed E-state index contributed by atoms with van der Waals surface area (Å²) in [5.41, 5.74) is 0. The summed E-state index contributed by atoms with van der Waals surface area (Å²) in [5.74, 6) is 0.570. The van der Waals surface area contributed by atoms with E-state index in [1.807, 2.05) is 0 Å². The lowest BCUT2D eigenvalue weighted by Gasteiger charge is -2.22. The van der Waals surface area contributed by atoms with Crippen LogP contribution in [0.3, 0.4) is 0 Å². The Balaban J connectivity index is 0.00000162. The highest BCUT2D eigenvalue weighted by atomic mass is 79.9. The Labute approximate surface area is 123 Å². The van der Waals surface area contributed by atoms with E-state index in [-0.39, 0.29) is 18.2 Å². The number of benzene rings is 1. The van der Waals surface area contributed by atoms with Crippen molar-refractivity contribution in [2.75, 3.05) is 18.8 Å². The van der Waals surface area contributed by atoms with Gasteiger partial charge in [-0.15, -0.1) is 12.4 Å². The first-order valence-corrected chi connectivity index (χ1v) is 8.21. The molecule has 0 saturated carbocycles. The van der Waals surface area contributed by atoms with E-state index in [4.69, 9.17) is 0 Å². The van der Waals surface area contributed by atoms with Crippen LogP contribution in [0.2, 0.25) is 0 Å². The summed E-state index contributed by atoms with van der Waals surface area (Å²) in [7, 11) is -3.13. The van der Waals surface area contributed by atoms with Crippen LogP contribution in [0, 0.1) is 5.92 Å². The zero-order chi connectivity index (χ0) is 12.3. The van der Waals surface area contributed by atoms with Crippen molar-refractivity contribution < 1.29 is 8.42 Å². The first kappa shape index (κ1) is 16.0. The lowest BCUT2D eigenvalue weighted by molar-refractivity contribution is 0.401. The van der Waals surface area contributed by atoms with Crippen molar-refractivity contribution in [3.63, 3.8) is 0 Å². The molecule has 0 radical (unpaired) electrons. The molecule has 1 aromatic rings. The molecule has 1 N–H and O–H groups in total. The van der Waals surface area contributed by atoms with Gasteiger partial charge >= 0.3 is 0 Å². The zero-order valence-corrected chi connectivity index (χ0v) is 13.2. The molecule has 0 aliphatic carbocycles. The van der Waals surface area contributed by atoms with Crippen LogP contribution in [0.4, 0.5) is 0 Å². The van der Waals surface area contributed by atoms with Crippen LogP contribution in [0.25, 0.3) is 0 Å². The molecule has 1 fully saturated rings. The van der Waals surface area contributed by atoms with Gasteiger partial charge in [0.1, 0.15) is 0 Å². The maximum atomic E-state index is 12.2. The molecule has 0 amide bonds. The standard InChI is InChI=1S/C12H16BrNO2S.ClH/c13-11-1-3-12(4-2-11)17(15,16)9-10-5-7-14-8-6-10;/h1-4,10,14H,5-9H2;1H. The highest BCUT2D eigenvalue weighted by molar-refractivity contribution is 9.10. The third kappa shape index (κ3) is 4.23. The van der Waals surface area contributed by atoms with E-state index in [0.29, 0.717) is 10.8 Å².